The van der Waals surface area contributed by atoms with Crippen molar-refractivity contribution in [2.75, 3.05) is 14.2 Å². The van der Waals surface area contributed by atoms with E-state index in [4.69, 9.17) is 9.47 Å². The van der Waals surface area contributed by atoms with Gasteiger partial charge in [0.2, 0.25) is 0 Å². The van der Waals surface area contributed by atoms with Crippen LogP contribution in [0, 0.1) is 13.8 Å². The number of benzene rings is 1. The number of hydrogen-bond acceptors (Lipinski definition) is 5. The summed E-state index contributed by atoms with van der Waals surface area (Å²) in [5.74, 6) is 1.34. The molecule has 0 aliphatic heterocycles. The maximum Gasteiger partial charge on any atom is 0.170 e. The third kappa shape index (κ3) is 2.97. The van der Waals surface area contributed by atoms with Gasteiger partial charge < -0.3 is 9.47 Å². The number of hydrogen-bond donors (Lipinski definition) is 1. The average molecular weight is 327 g/mol. The van der Waals surface area contributed by atoms with Gasteiger partial charge in [0, 0.05) is 17.8 Å². The number of rotatable bonds is 6. The standard InChI is InChI=1S/C17H21N5O2/c1-11-13(12(2)19-18-11)8-9-22-10-15(20-21-22)14-6-5-7-16(23-3)17(14)24-4/h5-7,10H,8-9H2,1-4H3,(H,18,19). The van der Waals surface area contributed by atoms with Crippen LogP contribution in [0.5, 0.6) is 11.5 Å². The summed E-state index contributed by atoms with van der Waals surface area (Å²) in [7, 11) is 3.24. The maximum atomic E-state index is 5.47. The quantitative estimate of drug-likeness (QED) is 0.753. The molecule has 0 aliphatic carbocycles. The predicted octanol–water partition coefficient (Wildman–Crippen LogP) is 2.54. The molecular formula is C17H21N5O2. The summed E-state index contributed by atoms with van der Waals surface area (Å²) in [5.41, 5.74) is 4.97. The second-order valence-corrected chi connectivity index (χ2v) is 5.57. The van der Waals surface area contributed by atoms with E-state index >= 15 is 0 Å². The molecule has 0 fully saturated rings. The van der Waals surface area contributed by atoms with Crippen LogP contribution in [0.1, 0.15) is 17.0 Å². The Balaban J connectivity index is 1.81. The first-order chi connectivity index (χ1) is 11.6. The number of H-pyrrole nitrogens is 1. The van der Waals surface area contributed by atoms with E-state index in [-0.39, 0.29) is 0 Å². The zero-order valence-corrected chi connectivity index (χ0v) is 14.3. The predicted molar refractivity (Wildman–Crippen MR) is 90.3 cm³/mol. The number of methoxy groups -OCH3 is 2. The molecule has 2 heterocycles. The van der Waals surface area contributed by atoms with Gasteiger partial charge in [-0.2, -0.15) is 5.10 Å². The molecule has 7 heteroatoms. The van der Waals surface area contributed by atoms with Crippen molar-refractivity contribution in [1.82, 2.24) is 25.2 Å². The van der Waals surface area contributed by atoms with Crippen LogP contribution in [0.4, 0.5) is 0 Å². The second-order valence-electron chi connectivity index (χ2n) is 5.57. The molecule has 1 aromatic carbocycles. The van der Waals surface area contributed by atoms with Gasteiger partial charge in [0.1, 0.15) is 5.69 Å². The van der Waals surface area contributed by atoms with Crippen molar-refractivity contribution in [3.63, 3.8) is 0 Å². The van der Waals surface area contributed by atoms with Crippen molar-refractivity contribution in [2.45, 2.75) is 26.8 Å². The van der Waals surface area contributed by atoms with Crippen molar-refractivity contribution in [2.24, 2.45) is 0 Å². The van der Waals surface area contributed by atoms with Gasteiger partial charge in [-0.05, 0) is 38.0 Å². The Labute approximate surface area is 140 Å². The minimum absolute atomic E-state index is 0.661. The third-order valence-electron chi connectivity index (χ3n) is 4.09. The van der Waals surface area contributed by atoms with Crippen molar-refractivity contribution in [3.8, 4) is 22.8 Å². The Bertz CT molecular complexity index is 818. The zero-order chi connectivity index (χ0) is 17.1. The molecule has 24 heavy (non-hydrogen) atoms. The Kier molecular flexibility index (Phi) is 4.50. The van der Waals surface area contributed by atoms with Crippen molar-refractivity contribution < 1.29 is 9.47 Å². The molecule has 0 saturated heterocycles. The summed E-state index contributed by atoms with van der Waals surface area (Å²) < 4.78 is 12.6. The Hall–Kier alpha value is -2.83. The van der Waals surface area contributed by atoms with Gasteiger partial charge >= 0.3 is 0 Å². The van der Waals surface area contributed by atoms with Gasteiger partial charge in [-0.25, -0.2) is 0 Å². The molecule has 126 valence electrons. The zero-order valence-electron chi connectivity index (χ0n) is 14.3. The molecule has 0 aliphatic rings. The second kappa shape index (κ2) is 6.74. The summed E-state index contributed by atoms with van der Waals surface area (Å²) >= 11 is 0. The average Bonchev–Trinajstić information content (AvgIpc) is 3.19. The van der Waals surface area contributed by atoms with Gasteiger partial charge in [-0.15, -0.1) is 5.10 Å². The number of nitrogens with one attached hydrogen (secondary N) is 1. The number of nitrogens with zero attached hydrogens (tertiary/aromatic N) is 4. The summed E-state index contributed by atoms with van der Waals surface area (Å²) in [4.78, 5) is 0. The summed E-state index contributed by atoms with van der Waals surface area (Å²) in [6.07, 6.45) is 2.77. The molecule has 0 unspecified atom stereocenters. The van der Waals surface area contributed by atoms with Crippen LogP contribution in [0.15, 0.2) is 24.4 Å². The first-order valence-corrected chi connectivity index (χ1v) is 7.76. The van der Waals surface area contributed by atoms with Gasteiger partial charge in [0.05, 0.1) is 26.1 Å². The number of ether oxygens (including phenoxy) is 2. The van der Waals surface area contributed by atoms with Crippen molar-refractivity contribution in [1.29, 1.82) is 0 Å². The molecule has 2 aromatic heterocycles. The molecule has 0 radical (unpaired) electrons. The maximum absolute atomic E-state index is 5.47. The fourth-order valence-electron chi connectivity index (χ4n) is 2.79. The van der Waals surface area contributed by atoms with Crippen LogP contribution in [-0.4, -0.2) is 39.4 Å². The molecule has 0 amide bonds. The SMILES string of the molecule is COc1cccc(-c2cn(CCc3c(C)n[nH]c3C)nn2)c1OC. The lowest BCUT2D eigenvalue weighted by Crippen LogP contribution is -2.03. The van der Waals surface area contributed by atoms with E-state index in [0.29, 0.717) is 11.5 Å². The molecule has 1 N–H and O–H groups in total. The Morgan fingerprint density at radius 1 is 1.17 bits per heavy atom. The highest BCUT2D eigenvalue weighted by Crippen LogP contribution is 2.36. The highest BCUT2D eigenvalue weighted by atomic mass is 16.5. The monoisotopic (exact) mass is 327 g/mol. The van der Waals surface area contributed by atoms with Crippen LogP contribution in [0.3, 0.4) is 0 Å². The minimum atomic E-state index is 0.661. The fraction of sp³-hybridized carbons (Fsp3) is 0.353. The third-order valence-corrected chi connectivity index (χ3v) is 4.09. The van der Waals surface area contributed by atoms with Gasteiger partial charge in [0.15, 0.2) is 11.5 Å². The molecule has 3 aromatic rings. The van der Waals surface area contributed by atoms with E-state index in [2.05, 4.69) is 20.5 Å². The first kappa shape index (κ1) is 16.0. The van der Waals surface area contributed by atoms with E-state index in [9.17, 15) is 0 Å². The molecule has 0 spiro atoms. The van der Waals surface area contributed by atoms with E-state index in [1.54, 1.807) is 14.2 Å². The minimum Gasteiger partial charge on any atom is -0.493 e. The van der Waals surface area contributed by atoms with E-state index < -0.39 is 0 Å². The fourth-order valence-corrected chi connectivity index (χ4v) is 2.79. The van der Waals surface area contributed by atoms with Gasteiger partial charge in [-0.1, -0.05) is 11.3 Å². The van der Waals surface area contributed by atoms with Crippen LogP contribution in [0.25, 0.3) is 11.3 Å². The Morgan fingerprint density at radius 3 is 2.67 bits per heavy atom. The summed E-state index contributed by atoms with van der Waals surface area (Å²) in [6.45, 7) is 4.77. The summed E-state index contributed by atoms with van der Waals surface area (Å²) in [5, 5.41) is 15.7. The molecular weight excluding hydrogens is 306 g/mol. The van der Waals surface area contributed by atoms with E-state index in [1.165, 1.54) is 5.56 Å². The Morgan fingerprint density at radius 2 is 2.00 bits per heavy atom. The number of aromatic nitrogens is 5. The molecule has 0 atom stereocenters. The van der Waals surface area contributed by atoms with Crippen LogP contribution >= 0.6 is 0 Å². The van der Waals surface area contributed by atoms with E-state index in [0.717, 1.165) is 35.6 Å². The number of para-hydroxylation sites is 1. The van der Waals surface area contributed by atoms with Crippen molar-refractivity contribution in [3.05, 3.63) is 41.3 Å². The van der Waals surface area contributed by atoms with E-state index in [1.807, 2.05) is 42.9 Å². The van der Waals surface area contributed by atoms with Crippen LogP contribution in [0.2, 0.25) is 0 Å². The summed E-state index contributed by atoms with van der Waals surface area (Å²) in [6, 6.07) is 5.71. The van der Waals surface area contributed by atoms with Gasteiger partial charge in [0.25, 0.3) is 0 Å². The smallest absolute Gasteiger partial charge is 0.170 e. The largest absolute Gasteiger partial charge is 0.493 e. The molecule has 3 rings (SSSR count). The molecule has 7 nitrogen and oxygen atoms in total. The highest BCUT2D eigenvalue weighted by Gasteiger charge is 2.14. The normalized spacial score (nSPS) is 10.8. The molecule has 0 bridgehead atoms. The van der Waals surface area contributed by atoms with Gasteiger partial charge in [-0.3, -0.25) is 9.78 Å². The lowest BCUT2D eigenvalue weighted by Gasteiger charge is -2.10. The topological polar surface area (TPSA) is 77.9 Å². The number of aryl methyl sites for hydroxylation is 3. The molecule has 0 saturated carbocycles. The van der Waals surface area contributed by atoms with Crippen LogP contribution in [-0.2, 0) is 13.0 Å². The van der Waals surface area contributed by atoms with Crippen LogP contribution < -0.4 is 9.47 Å². The lowest BCUT2D eigenvalue weighted by molar-refractivity contribution is 0.356. The number of aromatic amines is 1. The first-order valence-electron chi connectivity index (χ1n) is 7.76. The lowest BCUT2D eigenvalue weighted by atomic mass is 10.1. The highest BCUT2D eigenvalue weighted by molar-refractivity contribution is 5.70. The van der Waals surface area contributed by atoms with Crippen molar-refractivity contribution >= 4 is 0 Å².